The smallest absolute Gasteiger partial charge is 0.266 e. The van der Waals surface area contributed by atoms with Crippen LogP contribution in [0.3, 0.4) is 0 Å². The van der Waals surface area contributed by atoms with Gasteiger partial charge in [-0.3, -0.25) is 9.52 Å². The molecule has 0 amide bonds. The maximum absolute atomic E-state index is 12.2. The van der Waals surface area contributed by atoms with Crippen molar-refractivity contribution in [3.63, 3.8) is 0 Å². The summed E-state index contributed by atoms with van der Waals surface area (Å²) in [6.07, 6.45) is 1.07. The van der Waals surface area contributed by atoms with Gasteiger partial charge in [-0.15, -0.1) is 0 Å². The summed E-state index contributed by atoms with van der Waals surface area (Å²) in [5.74, 6) is 0. The van der Waals surface area contributed by atoms with Crippen molar-refractivity contribution in [3.05, 3.63) is 56.4 Å². The van der Waals surface area contributed by atoms with Crippen LogP contribution in [0.25, 0.3) is 0 Å². The van der Waals surface area contributed by atoms with Crippen molar-refractivity contribution in [1.82, 2.24) is 4.98 Å². The fourth-order valence-corrected chi connectivity index (χ4v) is 3.15. The number of hydrogen-bond donors (Lipinski definition) is 2. The summed E-state index contributed by atoms with van der Waals surface area (Å²) in [7, 11) is -3.88. The molecule has 0 saturated carbocycles. The van der Waals surface area contributed by atoms with E-state index in [0.29, 0.717) is 0 Å². The second-order valence-corrected chi connectivity index (χ2v) is 6.60. The van der Waals surface area contributed by atoms with E-state index in [1.165, 1.54) is 0 Å². The third-order valence-corrected chi connectivity index (χ3v) is 4.45. The van der Waals surface area contributed by atoms with Crippen LogP contribution < -0.4 is 10.3 Å². The van der Waals surface area contributed by atoms with E-state index in [-0.39, 0.29) is 20.6 Å². The number of aromatic nitrogens is 1. The van der Waals surface area contributed by atoms with Crippen molar-refractivity contribution in [2.24, 2.45) is 0 Å². The minimum absolute atomic E-state index is 0.154. The van der Waals surface area contributed by atoms with Gasteiger partial charge in [0.25, 0.3) is 15.6 Å². The van der Waals surface area contributed by atoms with Crippen LogP contribution in [0.5, 0.6) is 0 Å². The summed E-state index contributed by atoms with van der Waals surface area (Å²) >= 11 is 11.6. The molecule has 1 aromatic heterocycles. The zero-order chi connectivity index (χ0) is 14.9. The van der Waals surface area contributed by atoms with E-state index in [0.717, 1.165) is 17.8 Å². The second kappa shape index (κ2) is 5.47. The maximum atomic E-state index is 12.2. The highest BCUT2D eigenvalue weighted by atomic mass is 35.5. The van der Waals surface area contributed by atoms with Crippen LogP contribution in [0.2, 0.25) is 10.0 Å². The molecule has 2 N–H and O–H groups in total. The maximum Gasteiger partial charge on any atom is 0.266 e. The number of hydrogen-bond acceptors (Lipinski definition) is 3. The molecule has 2 rings (SSSR count). The minimum Gasteiger partial charge on any atom is -0.326 e. The molecule has 2 aromatic rings. The van der Waals surface area contributed by atoms with Crippen molar-refractivity contribution < 1.29 is 8.42 Å². The number of rotatable bonds is 3. The third-order valence-electron chi connectivity index (χ3n) is 2.51. The van der Waals surface area contributed by atoms with Crippen molar-refractivity contribution in [1.29, 1.82) is 0 Å². The molecule has 0 atom stereocenters. The minimum atomic E-state index is -3.88. The largest absolute Gasteiger partial charge is 0.326 e. The number of sulfonamides is 1. The van der Waals surface area contributed by atoms with Crippen LogP contribution in [0.15, 0.2) is 40.2 Å². The Kier molecular flexibility index (Phi) is 4.08. The van der Waals surface area contributed by atoms with Gasteiger partial charge >= 0.3 is 0 Å². The number of anilines is 1. The van der Waals surface area contributed by atoms with E-state index in [1.807, 2.05) is 6.92 Å². The van der Waals surface area contributed by atoms with E-state index in [1.54, 1.807) is 18.2 Å². The molecule has 1 heterocycles. The van der Waals surface area contributed by atoms with Crippen LogP contribution in [-0.4, -0.2) is 13.4 Å². The van der Waals surface area contributed by atoms with Gasteiger partial charge in [-0.25, -0.2) is 8.42 Å². The van der Waals surface area contributed by atoms with Crippen molar-refractivity contribution in [2.75, 3.05) is 4.72 Å². The van der Waals surface area contributed by atoms with Crippen LogP contribution in [0.1, 0.15) is 5.56 Å². The number of pyridine rings is 1. The standard InChI is InChI=1S/C12H10Cl2N2O3S/c1-7-2-3-11(9(13)4-7)16-20(18,19)8-5-10(14)12(17)15-6-8/h2-6,16H,1H3,(H,15,17). The fourth-order valence-electron chi connectivity index (χ4n) is 1.50. The molecule has 106 valence electrons. The van der Waals surface area contributed by atoms with Gasteiger partial charge in [0.2, 0.25) is 0 Å². The van der Waals surface area contributed by atoms with Crippen molar-refractivity contribution in [2.45, 2.75) is 11.8 Å². The molecule has 0 aliphatic carbocycles. The first kappa shape index (κ1) is 14.9. The molecule has 0 unspecified atom stereocenters. The molecule has 0 radical (unpaired) electrons. The Morgan fingerprint density at radius 1 is 1.15 bits per heavy atom. The van der Waals surface area contributed by atoms with Gasteiger partial charge in [-0.1, -0.05) is 29.3 Å². The van der Waals surface area contributed by atoms with E-state index in [4.69, 9.17) is 23.2 Å². The number of benzene rings is 1. The van der Waals surface area contributed by atoms with Gasteiger partial charge < -0.3 is 4.98 Å². The molecule has 0 spiro atoms. The van der Waals surface area contributed by atoms with Gasteiger partial charge in [0.15, 0.2) is 0 Å². The molecule has 0 aliphatic rings. The third kappa shape index (κ3) is 3.15. The predicted octanol–water partition coefficient (Wildman–Crippen LogP) is 2.79. The first-order valence-corrected chi connectivity index (χ1v) is 7.71. The molecule has 0 aliphatic heterocycles. The van der Waals surface area contributed by atoms with Crippen LogP contribution in [-0.2, 0) is 10.0 Å². The lowest BCUT2D eigenvalue weighted by atomic mass is 10.2. The monoisotopic (exact) mass is 332 g/mol. The van der Waals surface area contributed by atoms with Gasteiger partial charge in [-0.05, 0) is 30.7 Å². The fraction of sp³-hybridized carbons (Fsp3) is 0.0833. The lowest BCUT2D eigenvalue weighted by molar-refractivity contribution is 0.600. The first-order chi connectivity index (χ1) is 9.29. The number of aromatic amines is 1. The normalized spacial score (nSPS) is 11.3. The van der Waals surface area contributed by atoms with Gasteiger partial charge in [0.1, 0.15) is 9.92 Å². The van der Waals surface area contributed by atoms with E-state index in [9.17, 15) is 13.2 Å². The van der Waals surface area contributed by atoms with E-state index >= 15 is 0 Å². The second-order valence-electron chi connectivity index (χ2n) is 4.10. The highest BCUT2D eigenvalue weighted by Crippen LogP contribution is 2.25. The summed E-state index contributed by atoms with van der Waals surface area (Å²) in [6, 6.07) is 6.00. The Hall–Kier alpha value is -1.50. The number of aryl methyl sites for hydroxylation is 1. The van der Waals surface area contributed by atoms with Gasteiger partial charge in [0, 0.05) is 6.20 Å². The average molecular weight is 333 g/mol. The SMILES string of the molecule is Cc1ccc(NS(=O)(=O)c2c[nH]c(=O)c(Cl)c2)c(Cl)c1. The first-order valence-electron chi connectivity index (χ1n) is 5.47. The molecule has 1 aromatic carbocycles. The Morgan fingerprint density at radius 2 is 1.85 bits per heavy atom. The van der Waals surface area contributed by atoms with Crippen LogP contribution in [0.4, 0.5) is 5.69 Å². The van der Waals surface area contributed by atoms with Crippen LogP contribution in [0, 0.1) is 6.92 Å². The lowest BCUT2D eigenvalue weighted by Gasteiger charge is -2.10. The van der Waals surface area contributed by atoms with E-state index < -0.39 is 15.6 Å². The summed E-state index contributed by atoms with van der Waals surface area (Å²) in [5, 5.41) is 0.0759. The predicted molar refractivity (Wildman–Crippen MR) is 79.1 cm³/mol. The van der Waals surface area contributed by atoms with Crippen molar-refractivity contribution in [3.8, 4) is 0 Å². The molecule has 5 nitrogen and oxygen atoms in total. The number of halogens is 2. The van der Waals surface area contributed by atoms with Crippen molar-refractivity contribution >= 4 is 38.9 Å². The van der Waals surface area contributed by atoms with Gasteiger partial charge in [-0.2, -0.15) is 0 Å². The molecular formula is C12H10Cl2N2O3S. The molecule has 0 bridgehead atoms. The zero-order valence-electron chi connectivity index (χ0n) is 10.3. The molecular weight excluding hydrogens is 323 g/mol. The highest BCUT2D eigenvalue weighted by molar-refractivity contribution is 7.92. The highest BCUT2D eigenvalue weighted by Gasteiger charge is 2.17. The Morgan fingerprint density at radius 3 is 2.45 bits per heavy atom. The van der Waals surface area contributed by atoms with E-state index in [2.05, 4.69) is 9.71 Å². The lowest BCUT2D eigenvalue weighted by Crippen LogP contribution is -2.16. The summed E-state index contributed by atoms with van der Waals surface area (Å²) in [6.45, 7) is 1.84. The summed E-state index contributed by atoms with van der Waals surface area (Å²) in [4.78, 5) is 13.2. The number of nitrogens with one attached hydrogen (secondary N) is 2. The quantitative estimate of drug-likeness (QED) is 0.906. The molecule has 0 fully saturated rings. The van der Waals surface area contributed by atoms with Gasteiger partial charge in [0.05, 0.1) is 10.7 Å². The molecule has 20 heavy (non-hydrogen) atoms. The summed E-state index contributed by atoms with van der Waals surface area (Å²) in [5.41, 5.74) is 0.601. The van der Waals surface area contributed by atoms with Crippen LogP contribution >= 0.6 is 23.2 Å². The molecule has 0 saturated heterocycles. The zero-order valence-corrected chi connectivity index (χ0v) is 12.6. The number of H-pyrrole nitrogens is 1. The molecule has 8 heteroatoms. The Balaban J connectivity index is 2.40. The Bertz CT molecular complexity index is 816. The topological polar surface area (TPSA) is 79.0 Å². The average Bonchev–Trinajstić information content (AvgIpc) is 2.36. The Labute approximate surface area is 125 Å². The summed E-state index contributed by atoms with van der Waals surface area (Å²) < 4.78 is 26.6.